The van der Waals surface area contributed by atoms with Crippen molar-refractivity contribution in [3.05, 3.63) is 0 Å². The monoisotopic (exact) mass is 250 g/mol. The van der Waals surface area contributed by atoms with E-state index in [1.54, 1.807) is 7.11 Å². The Morgan fingerprint density at radius 3 is 2.62 bits per heavy atom. The first-order chi connectivity index (χ1) is 7.45. The number of ether oxygens (including phenoxy) is 1. The fourth-order valence-electron chi connectivity index (χ4n) is 1.14. The number of nitrogens with one attached hydrogen (secondary N) is 1. The van der Waals surface area contributed by atoms with Gasteiger partial charge in [-0.05, 0) is 20.3 Å². The summed E-state index contributed by atoms with van der Waals surface area (Å²) in [5, 5.41) is 2.71. The summed E-state index contributed by atoms with van der Waals surface area (Å²) >= 11 is 0. The van der Waals surface area contributed by atoms with Crippen LogP contribution in [0, 0.1) is 0 Å². The average Bonchev–Trinajstić information content (AvgIpc) is 2.14. The summed E-state index contributed by atoms with van der Waals surface area (Å²) in [4.78, 5) is 11.4. The lowest BCUT2D eigenvalue weighted by Gasteiger charge is -2.12. The molecule has 6 heteroatoms. The molecule has 0 spiro atoms. The fourth-order valence-corrected chi connectivity index (χ4v) is 2.30. The van der Waals surface area contributed by atoms with Crippen molar-refractivity contribution in [3.8, 4) is 0 Å². The molecule has 0 saturated heterocycles. The molecule has 1 amide bonds. The van der Waals surface area contributed by atoms with Crippen molar-refractivity contribution < 1.29 is 13.7 Å². The number of carbonyl (C=O) groups is 1. The van der Waals surface area contributed by atoms with E-state index in [9.17, 15) is 9.00 Å². The SMILES string of the molecule is COCC(C)NC(=O)CS(=O)CCC(C)N. The van der Waals surface area contributed by atoms with Crippen molar-refractivity contribution in [2.75, 3.05) is 25.2 Å². The van der Waals surface area contributed by atoms with Gasteiger partial charge >= 0.3 is 0 Å². The first-order valence-electron chi connectivity index (χ1n) is 5.34. The largest absolute Gasteiger partial charge is 0.383 e. The van der Waals surface area contributed by atoms with Crippen molar-refractivity contribution in [2.45, 2.75) is 32.4 Å². The van der Waals surface area contributed by atoms with E-state index in [1.807, 2.05) is 13.8 Å². The van der Waals surface area contributed by atoms with Gasteiger partial charge in [0.25, 0.3) is 0 Å². The van der Waals surface area contributed by atoms with E-state index < -0.39 is 10.8 Å². The van der Waals surface area contributed by atoms with E-state index in [-0.39, 0.29) is 23.7 Å². The lowest BCUT2D eigenvalue weighted by atomic mass is 10.3. The van der Waals surface area contributed by atoms with Crippen LogP contribution in [0.5, 0.6) is 0 Å². The Morgan fingerprint density at radius 2 is 2.12 bits per heavy atom. The molecule has 0 bridgehead atoms. The second-order valence-corrected chi connectivity index (χ2v) is 5.55. The van der Waals surface area contributed by atoms with Gasteiger partial charge in [0.15, 0.2) is 0 Å². The third-order valence-corrected chi connectivity index (χ3v) is 3.19. The molecule has 0 saturated carbocycles. The van der Waals surface area contributed by atoms with Crippen LogP contribution in [-0.2, 0) is 20.3 Å². The lowest BCUT2D eigenvalue weighted by Crippen LogP contribution is -2.38. The van der Waals surface area contributed by atoms with Crippen molar-refractivity contribution in [1.82, 2.24) is 5.32 Å². The summed E-state index contributed by atoms with van der Waals surface area (Å²) < 4.78 is 16.3. The Kier molecular flexibility index (Phi) is 8.42. The maximum atomic E-state index is 11.5. The van der Waals surface area contributed by atoms with Crippen LogP contribution in [-0.4, -0.2) is 47.4 Å². The van der Waals surface area contributed by atoms with Crippen molar-refractivity contribution in [2.24, 2.45) is 5.73 Å². The highest BCUT2D eigenvalue weighted by atomic mass is 32.2. The fraction of sp³-hybridized carbons (Fsp3) is 0.900. The molecule has 0 aromatic carbocycles. The molecule has 0 rings (SSSR count). The molecule has 0 fully saturated rings. The number of methoxy groups -OCH3 is 1. The number of hydrogen-bond donors (Lipinski definition) is 2. The third kappa shape index (κ3) is 8.82. The highest BCUT2D eigenvalue weighted by Crippen LogP contribution is 1.92. The third-order valence-electron chi connectivity index (χ3n) is 1.92. The molecule has 3 N–H and O–H groups in total. The van der Waals surface area contributed by atoms with Gasteiger partial charge in [0.2, 0.25) is 5.91 Å². The molecule has 0 aliphatic rings. The smallest absolute Gasteiger partial charge is 0.232 e. The van der Waals surface area contributed by atoms with E-state index in [0.29, 0.717) is 18.8 Å². The zero-order valence-electron chi connectivity index (χ0n) is 10.2. The minimum Gasteiger partial charge on any atom is -0.383 e. The quantitative estimate of drug-likeness (QED) is 0.615. The number of carbonyl (C=O) groups excluding carboxylic acids is 1. The van der Waals surface area contributed by atoms with E-state index in [4.69, 9.17) is 10.5 Å². The van der Waals surface area contributed by atoms with Gasteiger partial charge in [-0.25, -0.2) is 0 Å². The van der Waals surface area contributed by atoms with Crippen LogP contribution in [0.1, 0.15) is 20.3 Å². The molecule has 0 aromatic heterocycles. The first-order valence-corrected chi connectivity index (χ1v) is 6.83. The first kappa shape index (κ1) is 15.5. The van der Waals surface area contributed by atoms with Crippen LogP contribution < -0.4 is 11.1 Å². The molecule has 0 radical (unpaired) electrons. The molecule has 5 nitrogen and oxygen atoms in total. The summed E-state index contributed by atoms with van der Waals surface area (Å²) in [6.45, 7) is 4.16. The normalized spacial score (nSPS) is 16.5. The Hall–Kier alpha value is -0.460. The second-order valence-electron chi connectivity index (χ2n) is 3.98. The molecule has 16 heavy (non-hydrogen) atoms. The Bertz CT molecular complexity index is 234. The minimum absolute atomic E-state index is 0.0272. The summed E-state index contributed by atoms with van der Waals surface area (Å²) in [5.41, 5.74) is 5.54. The number of nitrogens with two attached hydrogens (primary N) is 1. The molecule has 0 aromatic rings. The van der Waals surface area contributed by atoms with E-state index in [2.05, 4.69) is 5.32 Å². The number of amides is 1. The van der Waals surface area contributed by atoms with E-state index in [0.717, 1.165) is 0 Å². The Morgan fingerprint density at radius 1 is 1.50 bits per heavy atom. The molecule has 3 unspecified atom stereocenters. The predicted octanol–water partition coefficient (Wildman–Crippen LogP) is -0.376. The number of rotatable bonds is 8. The summed E-state index contributed by atoms with van der Waals surface area (Å²) in [7, 11) is 0.449. The maximum Gasteiger partial charge on any atom is 0.232 e. The van der Waals surface area contributed by atoms with Gasteiger partial charge in [-0.1, -0.05) is 0 Å². The van der Waals surface area contributed by atoms with Gasteiger partial charge in [0, 0.05) is 35.7 Å². The maximum absolute atomic E-state index is 11.5. The summed E-state index contributed by atoms with van der Waals surface area (Å²) in [5.74, 6) is 0.317. The van der Waals surface area contributed by atoms with Crippen LogP contribution in [0.3, 0.4) is 0 Å². The topological polar surface area (TPSA) is 81.4 Å². The summed E-state index contributed by atoms with van der Waals surface area (Å²) in [6.07, 6.45) is 0.674. The molecule has 0 aliphatic carbocycles. The molecule has 0 heterocycles. The van der Waals surface area contributed by atoms with Crippen LogP contribution in [0.25, 0.3) is 0 Å². The molecular weight excluding hydrogens is 228 g/mol. The van der Waals surface area contributed by atoms with Gasteiger partial charge in [0.05, 0.1) is 6.61 Å². The molecule has 0 aliphatic heterocycles. The summed E-state index contributed by atoms with van der Waals surface area (Å²) in [6, 6.07) is -0.0256. The average molecular weight is 250 g/mol. The molecular formula is C10H22N2O3S. The van der Waals surface area contributed by atoms with Crippen molar-refractivity contribution in [1.29, 1.82) is 0 Å². The Balaban J connectivity index is 3.74. The standard InChI is InChI=1S/C10H22N2O3S/c1-8(11)4-5-16(14)7-10(13)12-9(2)6-15-3/h8-9H,4-7,11H2,1-3H3,(H,12,13). The highest BCUT2D eigenvalue weighted by Gasteiger charge is 2.11. The van der Waals surface area contributed by atoms with Gasteiger partial charge < -0.3 is 15.8 Å². The molecule has 96 valence electrons. The van der Waals surface area contributed by atoms with Crippen molar-refractivity contribution in [3.63, 3.8) is 0 Å². The van der Waals surface area contributed by atoms with E-state index >= 15 is 0 Å². The van der Waals surface area contributed by atoms with Gasteiger partial charge in [-0.2, -0.15) is 0 Å². The van der Waals surface area contributed by atoms with Gasteiger partial charge in [-0.15, -0.1) is 0 Å². The van der Waals surface area contributed by atoms with Crippen LogP contribution in [0.2, 0.25) is 0 Å². The van der Waals surface area contributed by atoms with Gasteiger partial charge in [-0.3, -0.25) is 9.00 Å². The van der Waals surface area contributed by atoms with Crippen molar-refractivity contribution >= 4 is 16.7 Å². The van der Waals surface area contributed by atoms with E-state index in [1.165, 1.54) is 0 Å². The van der Waals surface area contributed by atoms with Crippen LogP contribution >= 0.6 is 0 Å². The molecule has 3 atom stereocenters. The Labute approximate surface area is 99.6 Å². The number of hydrogen-bond acceptors (Lipinski definition) is 4. The zero-order chi connectivity index (χ0) is 12.6. The second kappa shape index (κ2) is 8.66. The zero-order valence-corrected chi connectivity index (χ0v) is 11.0. The van der Waals surface area contributed by atoms with Gasteiger partial charge in [0.1, 0.15) is 5.75 Å². The lowest BCUT2D eigenvalue weighted by molar-refractivity contribution is -0.119. The predicted molar refractivity (Wildman–Crippen MR) is 65.6 cm³/mol. The highest BCUT2D eigenvalue weighted by molar-refractivity contribution is 7.85. The van der Waals surface area contributed by atoms with Crippen LogP contribution in [0.15, 0.2) is 0 Å². The minimum atomic E-state index is -1.12. The van der Waals surface area contributed by atoms with Crippen LogP contribution in [0.4, 0.5) is 0 Å².